The molecule has 0 aliphatic carbocycles. The molecule has 3 heterocycles. The van der Waals surface area contributed by atoms with Gasteiger partial charge in [-0.15, -0.1) is 11.3 Å². The van der Waals surface area contributed by atoms with Gasteiger partial charge in [-0.25, -0.2) is 4.98 Å². The SMILES string of the molecule is CCCOc1ccc(C2c3c(oc4ccc(Cl)cc4c3=O)C(=O)N2c2nccs2)cc1. The molecule has 5 rings (SSSR count). The summed E-state index contributed by atoms with van der Waals surface area (Å²) in [5.41, 5.74) is 1.10. The van der Waals surface area contributed by atoms with Crippen LogP contribution in [-0.2, 0) is 0 Å². The number of carbonyl (C=O) groups excluding carboxylic acids is 1. The molecular formula is C23H17ClN2O4S. The fraction of sp³-hybridized carbons (Fsp3) is 0.174. The topological polar surface area (TPSA) is 72.6 Å². The fourth-order valence-corrected chi connectivity index (χ4v) is 4.60. The summed E-state index contributed by atoms with van der Waals surface area (Å²) in [6, 6.07) is 11.5. The average Bonchev–Trinajstić information content (AvgIpc) is 3.40. The Kier molecular flexibility index (Phi) is 5.00. The third-order valence-electron chi connectivity index (χ3n) is 5.13. The molecule has 1 unspecified atom stereocenters. The standard InChI is InChI=1S/C23H17ClN2O4S/c1-2-10-29-15-6-3-13(4-7-15)19-18-20(27)16-12-14(24)5-8-17(16)30-21(18)22(28)26(19)23-25-9-11-31-23/h3-9,11-12,19H,2,10H2,1H3. The Morgan fingerprint density at radius 1 is 1.19 bits per heavy atom. The van der Waals surface area contributed by atoms with Crippen molar-refractivity contribution in [3.8, 4) is 5.75 Å². The molecule has 2 aromatic heterocycles. The lowest BCUT2D eigenvalue weighted by Crippen LogP contribution is -2.29. The first-order chi connectivity index (χ1) is 15.1. The lowest BCUT2D eigenvalue weighted by atomic mass is 9.98. The smallest absolute Gasteiger partial charge is 0.297 e. The number of thiazole rings is 1. The second-order valence-corrected chi connectivity index (χ2v) is 8.43. The number of benzene rings is 2. The number of aromatic nitrogens is 1. The van der Waals surface area contributed by atoms with E-state index in [9.17, 15) is 9.59 Å². The van der Waals surface area contributed by atoms with Gasteiger partial charge in [0.1, 0.15) is 11.3 Å². The van der Waals surface area contributed by atoms with Gasteiger partial charge in [0, 0.05) is 16.6 Å². The maximum absolute atomic E-state index is 13.5. The fourth-order valence-electron chi connectivity index (χ4n) is 3.76. The molecule has 156 valence electrons. The Morgan fingerprint density at radius 2 is 2.00 bits per heavy atom. The van der Waals surface area contributed by atoms with E-state index in [2.05, 4.69) is 4.98 Å². The van der Waals surface area contributed by atoms with Crippen LogP contribution in [0.5, 0.6) is 5.75 Å². The van der Waals surface area contributed by atoms with E-state index < -0.39 is 11.9 Å². The highest BCUT2D eigenvalue weighted by Crippen LogP contribution is 2.42. The van der Waals surface area contributed by atoms with Crippen molar-refractivity contribution in [3.63, 3.8) is 0 Å². The molecule has 8 heteroatoms. The quantitative estimate of drug-likeness (QED) is 0.403. The normalized spacial score (nSPS) is 15.5. The number of fused-ring (bicyclic) bond motifs is 2. The summed E-state index contributed by atoms with van der Waals surface area (Å²) >= 11 is 7.44. The van der Waals surface area contributed by atoms with Crippen LogP contribution in [0.1, 0.15) is 41.1 Å². The lowest BCUT2D eigenvalue weighted by Gasteiger charge is -2.22. The van der Waals surface area contributed by atoms with E-state index in [1.54, 1.807) is 29.8 Å². The minimum atomic E-state index is -0.659. The van der Waals surface area contributed by atoms with Gasteiger partial charge in [0.05, 0.1) is 23.6 Å². The molecule has 1 aliphatic heterocycles. The van der Waals surface area contributed by atoms with Gasteiger partial charge in [0.25, 0.3) is 5.91 Å². The van der Waals surface area contributed by atoms with Crippen molar-refractivity contribution >= 4 is 44.9 Å². The van der Waals surface area contributed by atoms with Crippen molar-refractivity contribution in [3.05, 3.63) is 86.2 Å². The number of rotatable bonds is 5. The van der Waals surface area contributed by atoms with E-state index in [1.165, 1.54) is 16.2 Å². The summed E-state index contributed by atoms with van der Waals surface area (Å²) in [7, 11) is 0. The van der Waals surface area contributed by atoms with Crippen LogP contribution < -0.4 is 15.1 Å². The van der Waals surface area contributed by atoms with Crippen molar-refractivity contribution in [2.75, 3.05) is 11.5 Å². The number of halogens is 1. The number of amides is 1. The van der Waals surface area contributed by atoms with Crippen LogP contribution in [0.15, 0.2) is 63.3 Å². The Balaban J connectivity index is 1.71. The van der Waals surface area contributed by atoms with Crippen molar-refractivity contribution in [2.24, 2.45) is 0 Å². The number of nitrogens with zero attached hydrogens (tertiary/aromatic N) is 2. The van der Waals surface area contributed by atoms with E-state index in [0.717, 1.165) is 17.7 Å². The van der Waals surface area contributed by atoms with Crippen molar-refractivity contribution in [1.82, 2.24) is 4.98 Å². The van der Waals surface area contributed by atoms with Gasteiger partial charge < -0.3 is 9.15 Å². The zero-order chi connectivity index (χ0) is 21.5. The maximum atomic E-state index is 13.5. The van der Waals surface area contributed by atoms with E-state index in [0.29, 0.717) is 27.7 Å². The lowest BCUT2D eigenvalue weighted by molar-refractivity contribution is 0.0971. The van der Waals surface area contributed by atoms with Crippen LogP contribution in [0.3, 0.4) is 0 Å². The Bertz CT molecular complexity index is 1330. The van der Waals surface area contributed by atoms with Crippen LogP contribution in [0, 0.1) is 0 Å². The van der Waals surface area contributed by atoms with Gasteiger partial charge in [-0.05, 0) is 42.3 Å². The predicted molar refractivity (Wildman–Crippen MR) is 120 cm³/mol. The molecule has 0 saturated heterocycles. The van der Waals surface area contributed by atoms with Gasteiger partial charge in [0.15, 0.2) is 10.6 Å². The van der Waals surface area contributed by atoms with Crippen molar-refractivity contribution in [1.29, 1.82) is 0 Å². The highest BCUT2D eigenvalue weighted by atomic mass is 35.5. The zero-order valence-electron chi connectivity index (χ0n) is 16.5. The number of carbonyl (C=O) groups is 1. The summed E-state index contributed by atoms with van der Waals surface area (Å²) < 4.78 is 11.6. The van der Waals surface area contributed by atoms with Crippen LogP contribution >= 0.6 is 22.9 Å². The first-order valence-corrected chi connectivity index (χ1v) is 11.1. The molecule has 6 nitrogen and oxygen atoms in total. The zero-order valence-corrected chi connectivity index (χ0v) is 18.1. The Hall–Kier alpha value is -3.16. The van der Waals surface area contributed by atoms with Crippen LogP contribution in [-0.4, -0.2) is 17.5 Å². The van der Waals surface area contributed by atoms with Gasteiger partial charge in [-0.1, -0.05) is 30.7 Å². The van der Waals surface area contributed by atoms with Crippen molar-refractivity contribution < 1.29 is 13.9 Å². The molecule has 0 fully saturated rings. The molecule has 0 saturated carbocycles. The molecule has 4 aromatic rings. The maximum Gasteiger partial charge on any atom is 0.297 e. The molecule has 0 N–H and O–H groups in total. The molecule has 0 spiro atoms. The summed E-state index contributed by atoms with van der Waals surface area (Å²) in [5, 5.41) is 3.05. The van der Waals surface area contributed by atoms with E-state index >= 15 is 0 Å². The van der Waals surface area contributed by atoms with E-state index in [1.807, 2.05) is 31.2 Å². The third-order valence-corrected chi connectivity index (χ3v) is 6.13. The number of anilines is 1. The summed E-state index contributed by atoms with van der Waals surface area (Å²) in [4.78, 5) is 32.7. The first kappa shape index (κ1) is 19.8. The Morgan fingerprint density at radius 3 is 2.71 bits per heavy atom. The second-order valence-electron chi connectivity index (χ2n) is 7.12. The third kappa shape index (κ3) is 3.30. The van der Waals surface area contributed by atoms with Gasteiger partial charge in [0.2, 0.25) is 5.76 Å². The Labute approximate surface area is 186 Å². The predicted octanol–water partition coefficient (Wildman–Crippen LogP) is 5.44. The van der Waals surface area contributed by atoms with Gasteiger partial charge in [-0.3, -0.25) is 14.5 Å². The molecule has 1 amide bonds. The minimum Gasteiger partial charge on any atom is -0.494 e. The van der Waals surface area contributed by atoms with E-state index in [-0.39, 0.29) is 16.8 Å². The average molecular weight is 453 g/mol. The highest BCUT2D eigenvalue weighted by Gasteiger charge is 2.44. The largest absolute Gasteiger partial charge is 0.494 e. The van der Waals surface area contributed by atoms with Gasteiger partial charge in [-0.2, -0.15) is 0 Å². The van der Waals surface area contributed by atoms with Crippen molar-refractivity contribution in [2.45, 2.75) is 19.4 Å². The number of hydrogen-bond acceptors (Lipinski definition) is 6. The van der Waals surface area contributed by atoms with Crippen LogP contribution in [0.2, 0.25) is 5.02 Å². The van der Waals surface area contributed by atoms with Gasteiger partial charge >= 0.3 is 0 Å². The molecule has 1 atom stereocenters. The molecular weight excluding hydrogens is 436 g/mol. The molecule has 0 bridgehead atoms. The number of hydrogen-bond donors (Lipinski definition) is 0. The summed E-state index contributed by atoms with van der Waals surface area (Å²) in [6.07, 6.45) is 2.53. The summed E-state index contributed by atoms with van der Waals surface area (Å²) in [6.45, 7) is 2.66. The molecule has 2 aromatic carbocycles. The van der Waals surface area contributed by atoms with Crippen LogP contribution in [0.4, 0.5) is 5.13 Å². The second kappa shape index (κ2) is 7.83. The highest BCUT2D eigenvalue weighted by molar-refractivity contribution is 7.13. The molecule has 0 radical (unpaired) electrons. The first-order valence-electron chi connectivity index (χ1n) is 9.80. The summed E-state index contributed by atoms with van der Waals surface area (Å²) in [5.74, 6) is 0.370. The number of ether oxygens (including phenoxy) is 1. The molecule has 31 heavy (non-hydrogen) atoms. The molecule has 1 aliphatic rings. The van der Waals surface area contributed by atoms with Crippen LogP contribution in [0.25, 0.3) is 11.0 Å². The van der Waals surface area contributed by atoms with E-state index in [4.69, 9.17) is 20.8 Å². The monoisotopic (exact) mass is 452 g/mol. The minimum absolute atomic E-state index is 0.0336.